The van der Waals surface area contributed by atoms with E-state index in [0.29, 0.717) is 17.9 Å². The molecule has 18 heavy (non-hydrogen) atoms. The molecule has 2 rings (SSSR count). The molecule has 1 fully saturated rings. The van der Waals surface area contributed by atoms with Gasteiger partial charge in [0.25, 0.3) is 0 Å². The van der Waals surface area contributed by atoms with Gasteiger partial charge in [0, 0.05) is 25.7 Å². The van der Waals surface area contributed by atoms with Crippen LogP contribution in [-0.2, 0) is 0 Å². The summed E-state index contributed by atoms with van der Waals surface area (Å²) in [5, 5.41) is 0. The maximum absolute atomic E-state index is 6.06. The predicted octanol–water partition coefficient (Wildman–Crippen LogP) is 2.08. The topological polar surface area (TPSA) is 38.5 Å². The zero-order valence-electron chi connectivity index (χ0n) is 11.6. The molecule has 100 valence electrons. The Morgan fingerprint density at radius 1 is 1.33 bits per heavy atom. The molecule has 0 spiro atoms. The summed E-state index contributed by atoms with van der Waals surface area (Å²) in [6.07, 6.45) is 0. The summed E-state index contributed by atoms with van der Waals surface area (Å²) in [7, 11) is 1.70. The van der Waals surface area contributed by atoms with Crippen molar-refractivity contribution in [3.8, 4) is 5.75 Å². The number of hydrogen-bond acceptors (Lipinski definition) is 3. The molecule has 0 radical (unpaired) electrons. The van der Waals surface area contributed by atoms with E-state index < -0.39 is 0 Å². The minimum absolute atomic E-state index is 0.341. The van der Waals surface area contributed by atoms with E-state index in [2.05, 4.69) is 30.9 Å². The summed E-state index contributed by atoms with van der Waals surface area (Å²) in [5.74, 6) is 2.07. The second-order valence-electron chi connectivity index (χ2n) is 5.53. The van der Waals surface area contributed by atoms with Crippen LogP contribution in [0.5, 0.6) is 5.75 Å². The molecule has 0 amide bonds. The average Bonchev–Trinajstić information content (AvgIpc) is 2.68. The number of rotatable bonds is 4. The van der Waals surface area contributed by atoms with Gasteiger partial charge in [0.1, 0.15) is 5.75 Å². The first kappa shape index (κ1) is 13.4. The van der Waals surface area contributed by atoms with Gasteiger partial charge in [-0.15, -0.1) is 0 Å². The van der Waals surface area contributed by atoms with Gasteiger partial charge in [-0.05, 0) is 29.5 Å². The molecule has 3 heteroatoms. The lowest BCUT2D eigenvalue weighted by Crippen LogP contribution is -2.30. The van der Waals surface area contributed by atoms with Crippen LogP contribution < -0.4 is 10.5 Å². The highest BCUT2D eigenvalue weighted by Gasteiger charge is 2.27. The zero-order chi connectivity index (χ0) is 13.1. The second kappa shape index (κ2) is 5.72. The summed E-state index contributed by atoms with van der Waals surface area (Å²) < 4.78 is 5.18. The van der Waals surface area contributed by atoms with Crippen LogP contribution in [0.25, 0.3) is 0 Å². The molecule has 3 nitrogen and oxygen atoms in total. The monoisotopic (exact) mass is 248 g/mol. The molecule has 0 aliphatic carbocycles. The van der Waals surface area contributed by atoms with Crippen LogP contribution in [0.4, 0.5) is 0 Å². The highest BCUT2D eigenvalue weighted by atomic mass is 16.5. The molecule has 0 bridgehead atoms. The predicted molar refractivity (Wildman–Crippen MR) is 75.0 cm³/mol. The molecule has 1 heterocycles. The van der Waals surface area contributed by atoms with Crippen LogP contribution in [0.3, 0.4) is 0 Å². The molecule has 1 aliphatic rings. The van der Waals surface area contributed by atoms with Gasteiger partial charge >= 0.3 is 0 Å². The largest absolute Gasteiger partial charge is 0.497 e. The van der Waals surface area contributed by atoms with E-state index in [0.717, 1.165) is 25.4 Å². The van der Waals surface area contributed by atoms with Crippen molar-refractivity contribution in [3.63, 3.8) is 0 Å². The number of benzene rings is 1. The Morgan fingerprint density at radius 3 is 2.50 bits per heavy atom. The third-order valence-electron chi connectivity index (χ3n) is 3.96. The number of nitrogens with zero attached hydrogens (tertiary/aromatic N) is 1. The van der Waals surface area contributed by atoms with E-state index in [9.17, 15) is 0 Å². The maximum Gasteiger partial charge on any atom is 0.118 e. The van der Waals surface area contributed by atoms with E-state index in [1.165, 1.54) is 5.56 Å². The quantitative estimate of drug-likeness (QED) is 0.886. The zero-order valence-corrected chi connectivity index (χ0v) is 11.6. The van der Waals surface area contributed by atoms with E-state index in [-0.39, 0.29) is 0 Å². The number of ether oxygens (including phenoxy) is 1. The van der Waals surface area contributed by atoms with Crippen LogP contribution in [-0.4, -0.2) is 37.7 Å². The number of nitrogens with two attached hydrogens (primary N) is 1. The van der Waals surface area contributed by atoms with Crippen molar-refractivity contribution in [1.29, 1.82) is 0 Å². The van der Waals surface area contributed by atoms with Gasteiger partial charge in [0.05, 0.1) is 7.11 Å². The SMILES string of the molecule is COc1ccc(C(C)CN2CC(C)C(N)C2)cc1. The lowest BCUT2D eigenvalue weighted by molar-refractivity contribution is 0.309. The normalized spacial score (nSPS) is 26.2. The van der Waals surface area contributed by atoms with Crippen LogP contribution >= 0.6 is 0 Å². The summed E-state index contributed by atoms with van der Waals surface area (Å²) in [5.41, 5.74) is 7.43. The third kappa shape index (κ3) is 3.03. The molecule has 1 aromatic carbocycles. The van der Waals surface area contributed by atoms with Gasteiger partial charge in [0.2, 0.25) is 0 Å². The van der Waals surface area contributed by atoms with Crippen molar-refractivity contribution < 1.29 is 4.74 Å². The minimum Gasteiger partial charge on any atom is -0.497 e. The summed E-state index contributed by atoms with van der Waals surface area (Å²) in [4.78, 5) is 2.48. The molecule has 1 aromatic rings. The molecular weight excluding hydrogens is 224 g/mol. The molecule has 3 atom stereocenters. The Bertz CT molecular complexity index is 367. The van der Waals surface area contributed by atoms with Crippen molar-refractivity contribution in [2.75, 3.05) is 26.7 Å². The standard InChI is InChI=1S/C15H24N2O/c1-11(8-17-9-12(2)15(16)10-17)13-4-6-14(18-3)7-5-13/h4-7,11-12,15H,8-10,16H2,1-3H3. The van der Waals surface area contributed by atoms with E-state index in [4.69, 9.17) is 10.5 Å². The van der Waals surface area contributed by atoms with Gasteiger partial charge in [-0.2, -0.15) is 0 Å². The molecule has 3 unspecified atom stereocenters. The first-order chi connectivity index (χ1) is 8.60. The summed E-state index contributed by atoms with van der Waals surface area (Å²) in [6.45, 7) is 7.76. The molecular formula is C15H24N2O. The lowest BCUT2D eigenvalue weighted by Gasteiger charge is -2.21. The molecule has 0 saturated carbocycles. The second-order valence-corrected chi connectivity index (χ2v) is 5.53. The number of likely N-dealkylation sites (tertiary alicyclic amines) is 1. The molecule has 2 N–H and O–H groups in total. The Labute approximate surface area is 110 Å². The van der Waals surface area contributed by atoms with Crippen molar-refractivity contribution in [2.45, 2.75) is 25.8 Å². The first-order valence-corrected chi connectivity index (χ1v) is 6.72. The van der Waals surface area contributed by atoms with Crippen LogP contribution in [0.1, 0.15) is 25.3 Å². The lowest BCUT2D eigenvalue weighted by atomic mass is 10.0. The van der Waals surface area contributed by atoms with E-state index in [1.54, 1.807) is 7.11 Å². The van der Waals surface area contributed by atoms with Crippen molar-refractivity contribution in [2.24, 2.45) is 11.7 Å². The van der Waals surface area contributed by atoms with Crippen molar-refractivity contribution in [1.82, 2.24) is 4.90 Å². The Balaban J connectivity index is 1.93. The van der Waals surface area contributed by atoms with Crippen LogP contribution in [0.15, 0.2) is 24.3 Å². The fourth-order valence-corrected chi connectivity index (χ4v) is 2.67. The van der Waals surface area contributed by atoms with Gasteiger partial charge < -0.3 is 15.4 Å². The summed E-state index contributed by atoms with van der Waals surface area (Å²) >= 11 is 0. The maximum atomic E-state index is 6.06. The number of methoxy groups -OCH3 is 1. The smallest absolute Gasteiger partial charge is 0.118 e. The molecule has 1 aliphatic heterocycles. The molecule has 0 aromatic heterocycles. The fraction of sp³-hybridized carbons (Fsp3) is 0.600. The minimum atomic E-state index is 0.341. The van der Waals surface area contributed by atoms with Gasteiger partial charge in [0.15, 0.2) is 0 Å². The third-order valence-corrected chi connectivity index (χ3v) is 3.96. The van der Waals surface area contributed by atoms with Crippen LogP contribution in [0, 0.1) is 5.92 Å². The van der Waals surface area contributed by atoms with Crippen LogP contribution in [0.2, 0.25) is 0 Å². The average molecular weight is 248 g/mol. The number of hydrogen-bond donors (Lipinski definition) is 1. The fourth-order valence-electron chi connectivity index (χ4n) is 2.67. The summed E-state index contributed by atoms with van der Waals surface area (Å²) in [6, 6.07) is 8.72. The van der Waals surface area contributed by atoms with Gasteiger partial charge in [-0.25, -0.2) is 0 Å². The molecule has 1 saturated heterocycles. The van der Waals surface area contributed by atoms with E-state index in [1.807, 2.05) is 12.1 Å². The highest BCUT2D eigenvalue weighted by Crippen LogP contribution is 2.23. The van der Waals surface area contributed by atoms with E-state index >= 15 is 0 Å². The first-order valence-electron chi connectivity index (χ1n) is 6.72. The Hall–Kier alpha value is -1.06. The Kier molecular flexibility index (Phi) is 4.25. The van der Waals surface area contributed by atoms with Crippen molar-refractivity contribution in [3.05, 3.63) is 29.8 Å². The highest BCUT2D eigenvalue weighted by molar-refractivity contribution is 5.29. The Morgan fingerprint density at radius 2 is 2.00 bits per heavy atom. The van der Waals surface area contributed by atoms with Gasteiger partial charge in [-0.1, -0.05) is 26.0 Å². The van der Waals surface area contributed by atoms with Crippen molar-refractivity contribution >= 4 is 0 Å². The van der Waals surface area contributed by atoms with Gasteiger partial charge in [-0.3, -0.25) is 0 Å².